The molecule has 0 radical (unpaired) electrons. The van der Waals surface area contributed by atoms with E-state index < -0.39 is 0 Å². The molecule has 0 aromatic carbocycles. The van der Waals surface area contributed by atoms with Gasteiger partial charge in [-0.1, -0.05) is 19.3 Å². The van der Waals surface area contributed by atoms with Crippen LogP contribution in [0.1, 0.15) is 44.9 Å². The van der Waals surface area contributed by atoms with Crippen LogP contribution in [0.15, 0.2) is 0 Å². The minimum Gasteiger partial charge on any atom is -0.380 e. The van der Waals surface area contributed by atoms with Crippen molar-refractivity contribution in [2.45, 2.75) is 63.1 Å². The van der Waals surface area contributed by atoms with Gasteiger partial charge in [0.25, 0.3) is 0 Å². The Labute approximate surface area is 99.3 Å². The highest BCUT2D eigenvalue weighted by Crippen LogP contribution is 2.24. The zero-order chi connectivity index (χ0) is 11.4. The lowest BCUT2D eigenvalue weighted by molar-refractivity contribution is 0.00852. The van der Waals surface area contributed by atoms with Gasteiger partial charge in [-0.3, -0.25) is 4.90 Å². The average molecular weight is 226 g/mol. The quantitative estimate of drug-likeness (QED) is 0.729. The van der Waals surface area contributed by atoms with Gasteiger partial charge in [0.15, 0.2) is 0 Å². The van der Waals surface area contributed by atoms with Crippen molar-refractivity contribution in [3.63, 3.8) is 0 Å². The molecule has 2 fully saturated rings. The third-order valence-electron chi connectivity index (χ3n) is 4.24. The van der Waals surface area contributed by atoms with E-state index in [1.54, 1.807) is 0 Å². The van der Waals surface area contributed by atoms with Gasteiger partial charge < -0.3 is 10.5 Å². The predicted octanol–water partition coefficient (Wildman–Crippen LogP) is 1.76. The number of hydrogen-bond donors (Lipinski definition) is 1. The van der Waals surface area contributed by atoms with Crippen molar-refractivity contribution < 1.29 is 4.74 Å². The standard InChI is InChI=1S/C13H26N2O/c1-16-11-6-5-9-15(10-11)13-8-4-2-3-7-12(13)14/h11-13H,2-10,14H2,1H3. The molecule has 0 amide bonds. The molecule has 1 aliphatic carbocycles. The van der Waals surface area contributed by atoms with E-state index in [0.717, 1.165) is 6.54 Å². The number of piperidine rings is 1. The number of likely N-dealkylation sites (tertiary alicyclic amines) is 1. The molecule has 3 nitrogen and oxygen atoms in total. The Morgan fingerprint density at radius 3 is 2.69 bits per heavy atom. The van der Waals surface area contributed by atoms with Crippen LogP contribution in [0.3, 0.4) is 0 Å². The molecule has 3 atom stereocenters. The van der Waals surface area contributed by atoms with Crippen molar-refractivity contribution in [2.24, 2.45) is 5.73 Å². The van der Waals surface area contributed by atoms with Crippen LogP contribution in [0.5, 0.6) is 0 Å². The van der Waals surface area contributed by atoms with Crippen molar-refractivity contribution in [1.82, 2.24) is 4.90 Å². The first-order valence-corrected chi connectivity index (χ1v) is 6.83. The molecule has 0 aromatic rings. The van der Waals surface area contributed by atoms with Crippen LogP contribution in [0.25, 0.3) is 0 Å². The lowest BCUT2D eigenvalue weighted by Gasteiger charge is -2.39. The lowest BCUT2D eigenvalue weighted by Crippen LogP contribution is -2.52. The molecule has 1 aliphatic heterocycles. The van der Waals surface area contributed by atoms with E-state index in [2.05, 4.69) is 4.90 Å². The summed E-state index contributed by atoms with van der Waals surface area (Å²) in [6.45, 7) is 2.31. The minimum atomic E-state index is 0.387. The van der Waals surface area contributed by atoms with E-state index in [4.69, 9.17) is 10.5 Å². The van der Waals surface area contributed by atoms with Crippen LogP contribution in [0, 0.1) is 0 Å². The summed E-state index contributed by atoms with van der Waals surface area (Å²) in [5.74, 6) is 0. The first kappa shape index (κ1) is 12.3. The number of ether oxygens (including phenoxy) is 1. The van der Waals surface area contributed by atoms with Crippen molar-refractivity contribution in [3.05, 3.63) is 0 Å². The van der Waals surface area contributed by atoms with Gasteiger partial charge in [-0.05, 0) is 32.2 Å². The smallest absolute Gasteiger partial charge is 0.0698 e. The molecule has 2 aliphatic rings. The maximum Gasteiger partial charge on any atom is 0.0698 e. The lowest BCUT2D eigenvalue weighted by atomic mass is 9.98. The number of nitrogens with zero attached hydrogens (tertiary/aromatic N) is 1. The maximum absolute atomic E-state index is 6.31. The first-order valence-electron chi connectivity index (χ1n) is 6.83. The average Bonchev–Trinajstić information content (AvgIpc) is 2.54. The number of rotatable bonds is 2. The SMILES string of the molecule is COC1CCCN(C2CCCCCC2N)C1. The summed E-state index contributed by atoms with van der Waals surface area (Å²) >= 11 is 0. The molecule has 1 heterocycles. The molecular formula is C13H26N2O. The largest absolute Gasteiger partial charge is 0.380 e. The van der Waals surface area contributed by atoms with Gasteiger partial charge in [0.2, 0.25) is 0 Å². The summed E-state index contributed by atoms with van der Waals surface area (Å²) in [5.41, 5.74) is 6.31. The highest BCUT2D eigenvalue weighted by molar-refractivity contribution is 4.87. The Bertz CT molecular complexity index is 210. The zero-order valence-electron chi connectivity index (χ0n) is 10.5. The Morgan fingerprint density at radius 1 is 1.06 bits per heavy atom. The monoisotopic (exact) mass is 226 g/mol. The second-order valence-electron chi connectivity index (χ2n) is 5.36. The van der Waals surface area contributed by atoms with E-state index in [1.165, 1.54) is 51.5 Å². The Balaban J connectivity index is 1.93. The van der Waals surface area contributed by atoms with E-state index >= 15 is 0 Å². The van der Waals surface area contributed by atoms with Crippen LogP contribution < -0.4 is 5.73 Å². The van der Waals surface area contributed by atoms with Crippen molar-refractivity contribution in [1.29, 1.82) is 0 Å². The summed E-state index contributed by atoms with van der Waals surface area (Å²) in [5, 5.41) is 0. The summed E-state index contributed by atoms with van der Waals surface area (Å²) in [7, 11) is 1.83. The predicted molar refractivity (Wildman–Crippen MR) is 66.5 cm³/mol. The number of hydrogen-bond acceptors (Lipinski definition) is 3. The fourth-order valence-corrected chi connectivity index (χ4v) is 3.23. The van der Waals surface area contributed by atoms with Crippen molar-refractivity contribution in [2.75, 3.05) is 20.2 Å². The topological polar surface area (TPSA) is 38.5 Å². The molecule has 0 bridgehead atoms. The normalized spacial score (nSPS) is 38.2. The summed E-state index contributed by atoms with van der Waals surface area (Å²) in [4.78, 5) is 2.59. The van der Waals surface area contributed by atoms with Crippen molar-refractivity contribution in [3.8, 4) is 0 Å². The second-order valence-corrected chi connectivity index (χ2v) is 5.36. The molecule has 3 unspecified atom stereocenters. The molecule has 2 rings (SSSR count). The van der Waals surface area contributed by atoms with Gasteiger partial charge >= 0.3 is 0 Å². The van der Waals surface area contributed by atoms with Crippen molar-refractivity contribution >= 4 is 0 Å². The van der Waals surface area contributed by atoms with E-state index in [9.17, 15) is 0 Å². The van der Waals surface area contributed by atoms with Gasteiger partial charge in [0.05, 0.1) is 6.10 Å². The van der Waals surface area contributed by atoms with E-state index in [-0.39, 0.29) is 0 Å². The molecule has 2 N–H and O–H groups in total. The minimum absolute atomic E-state index is 0.387. The van der Waals surface area contributed by atoms with Gasteiger partial charge in [-0.2, -0.15) is 0 Å². The third kappa shape index (κ3) is 2.96. The van der Waals surface area contributed by atoms with E-state index in [1.807, 2.05) is 7.11 Å². The van der Waals surface area contributed by atoms with Gasteiger partial charge in [0.1, 0.15) is 0 Å². The van der Waals surface area contributed by atoms with Crippen LogP contribution in [-0.2, 0) is 4.74 Å². The highest BCUT2D eigenvalue weighted by Gasteiger charge is 2.30. The van der Waals surface area contributed by atoms with Gasteiger partial charge in [-0.25, -0.2) is 0 Å². The van der Waals surface area contributed by atoms with Gasteiger partial charge in [0, 0.05) is 25.7 Å². The zero-order valence-corrected chi connectivity index (χ0v) is 10.5. The Morgan fingerprint density at radius 2 is 1.88 bits per heavy atom. The molecule has 0 spiro atoms. The molecule has 1 saturated carbocycles. The van der Waals surface area contributed by atoms with Crippen LogP contribution in [0.2, 0.25) is 0 Å². The fraction of sp³-hybridized carbons (Fsp3) is 1.00. The molecule has 1 saturated heterocycles. The summed E-state index contributed by atoms with van der Waals surface area (Å²) < 4.78 is 5.50. The molecular weight excluding hydrogens is 200 g/mol. The molecule has 0 aromatic heterocycles. The number of nitrogens with two attached hydrogens (primary N) is 1. The molecule has 3 heteroatoms. The molecule has 94 valence electrons. The first-order chi connectivity index (χ1) is 7.81. The van der Waals surface area contributed by atoms with Gasteiger partial charge in [-0.15, -0.1) is 0 Å². The van der Waals surface area contributed by atoms with Crippen LogP contribution in [0.4, 0.5) is 0 Å². The summed E-state index contributed by atoms with van der Waals surface area (Å²) in [6.07, 6.45) is 9.45. The molecule has 16 heavy (non-hydrogen) atoms. The Hall–Kier alpha value is -0.120. The fourth-order valence-electron chi connectivity index (χ4n) is 3.23. The third-order valence-corrected chi connectivity index (χ3v) is 4.24. The number of methoxy groups -OCH3 is 1. The second kappa shape index (κ2) is 5.99. The van der Waals surface area contributed by atoms with Crippen LogP contribution >= 0.6 is 0 Å². The highest BCUT2D eigenvalue weighted by atomic mass is 16.5. The maximum atomic E-state index is 6.31. The van der Waals surface area contributed by atoms with Crippen LogP contribution in [-0.4, -0.2) is 43.3 Å². The summed E-state index contributed by atoms with van der Waals surface area (Å²) in [6, 6.07) is 0.999. The van der Waals surface area contributed by atoms with E-state index in [0.29, 0.717) is 18.2 Å². The Kier molecular flexibility index (Phi) is 4.62.